The average Bonchev–Trinajstić information content (AvgIpc) is 2.80. The minimum atomic E-state index is -5.26. The van der Waals surface area contributed by atoms with Gasteiger partial charge in [0.1, 0.15) is 5.82 Å². The monoisotopic (exact) mass is 472 g/mol. The Bertz CT molecular complexity index is 1330. The first-order valence-electron chi connectivity index (χ1n) is 10.3. The largest absolute Gasteiger partial charge is 0.573 e. The molecule has 174 valence electrons. The van der Waals surface area contributed by atoms with Crippen molar-refractivity contribution in [2.24, 2.45) is 0 Å². The van der Waals surface area contributed by atoms with Crippen LogP contribution >= 0.6 is 0 Å². The second kappa shape index (κ2) is 9.25. The van der Waals surface area contributed by atoms with Crippen LogP contribution in [0.1, 0.15) is 12.0 Å². The first-order valence-corrected chi connectivity index (χ1v) is 10.3. The van der Waals surface area contributed by atoms with Crippen molar-refractivity contribution in [2.45, 2.75) is 19.2 Å². The molecule has 0 heterocycles. The molecule has 0 N–H and O–H groups in total. The van der Waals surface area contributed by atoms with Crippen molar-refractivity contribution in [3.05, 3.63) is 102 Å². The number of hydrogen-bond donors (Lipinski definition) is 0. The predicted octanol–water partition coefficient (Wildman–Crippen LogP) is 8.61. The number of alkyl halides is 3. The molecule has 0 amide bonds. The highest BCUT2D eigenvalue weighted by atomic mass is 19.4. The van der Waals surface area contributed by atoms with Crippen LogP contribution in [0.2, 0.25) is 0 Å². The number of rotatable bonds is 6. The fourth-order valence-corrected chi connectivity index (χ4v) is 3.76. The minimum Gasteiger partial charge on any atom is -0.399 e. The van der Waals surface area contributed by atoms with Crippen molar-refractivity contribution in [1.82, 2.24) is 0 Å². The van der Waals surface area contributed by atoms with Crippen molar-refractivity contribution in [3.8, 4) is 28.0 Å². The Balaban J connectivity index is 1.68. The predicted molar refractivity (Wildman–Crippen MR) is 120 cm³/mol. The summed E-state index contributed by atoms with van der Waals surface area (Å²) >= 11 is 0. The number of hydrogen-bond acceptors (Lipinski definition) is 1. The molecule has 0 radical (unpaired) electrons. The molecule has 0 atom stereocenters. The van der Waals surface area contributed by atoms with E-state index in [0.29, 0.717) is 17.5 Å². The topological polar surface area (TPSA) is 9.23 Å². The quantitative estimate of drug-likeness (QED) is 0.202. The van der Waals surface area contributed by atoms with Gasteiger partial charge in [0, 0.05) is 10.9 Å². The van der Waals surface area contributed by atoms with E-state index in [1.54, 1.807) is 24.3 Å². The van der Waals surface area contributed by atoms with Crippen LogP contribution in [0.4, 0.5) is 26.3 Å². The molecular weight excluding hydrogens is 454 g/mol. The van der Waals surface area contributed by atoms with Gasteiger partial charge in [0.2, 0.25) is 5.75 Å². The van der Waals surface area contributed by atoms with Crippen LogP contribution in [-0.2, 0) is 6.42 Å². The van der Waals surface area contributed by atoms with E-state index in [1.165, 1.54) is 11.6 Å². The van der Waals surface area contributed by atoms with Crippen molar-refractivity contribution < 1.29 is 31.1 Å². The smallest absolute Gasteiger partial charge is 0.399 e. The standard InChI is InChI=1S/C27H18F6O/c1-2-3-4-16-5-7-17(8-6-16)18-9-11-21-19(13-18)10-12-22(25(21)30)20-14-23(28)26(24(29)15-20)34-27(31,32)33/h2,5-15H,1,3-4H2. The van der Waals surface area contributed by atoms with Gasteiger partial charge in [-0.15, -0.1) is 19.8 Å². The summed E-state index contributed by atoms with van der Waals surface area (Å²) in [6.45, 7) is 3.71. The van der Waals surface area contributed by atoms with E-state index in [4.69, 9.17) is 0 Å². The van der Waals surface area contributed by atoms with E-state index >= 15 is 4.39 Å². The van der Waals surface area contributed by atoms with Crippen molar-refractivity contribution in [3.63, 3.8) is 0 Å². The van der Waals surface area contributed by atoms with Gasteiger partial charge >= 0.3 is 6.36 Å². The fraction of sp³-hybridized carbons (Fsp3) is 0.111. The maximum atomic E-state index is 15.2. The summed E-state index contributed by atoms with van der Waals surface area (Å²) < 4.78 is 84.0. The zero-order chi connectivity index (χ0) is 24.5. The Labute approximate surface area is 191 Å². The number of ether oxygens (including phenoxy) is 1. The Kier molecular flexibility index (Phi) is 6.37. The molecule has 4 rings (SSSR count). The van der Waals surface area contributed by atoms with Crippen LogP contribution in [0.5, 0.6) is 5.75 Å². The second-order valence-electron chi connectivity index (χ2n) is 7.70. The third kappa shape index (κ3) is 4.93. The lowest BCUT2D eigenvalue weighted by molar-refractivity contribution is -0.276. The average molecular weight is 472 g/mol. The summed E-state index contributed by atoms with van der Waals surface area (Å²) in [7, 11) is 0. The summed E-state index contributed by atoms with van der Waals surface area (Å²) in [4.78, 5) is 0. The van der Waals surface area contributed by atoms with E-state index in [9.17, 15) is 22.0 Å². The van der Waals surface area contributed by atoms with Crippen LogP contribution in [0.25, 0.3) is 33.0 Å². The molecule has 7 heteroatoms. The third-order valence-corrected chi connectivity index (χ3v) is 5.41. The summed E-state index contributed by atoms with van der Waals surface area (Å²) in [5, 5.41) is 0.771. The van der Waals surface area contributed by atoms with Crippen LogP contribution in [0.15, 0.2) is 79.4 Å². The molecule has 0 saturated heterocycles. The molecule has 1 nitrogen and oxygen atoms in total. The molecule has 0 bridgehead atoms. The SMILES string of the molecule is C=CCCc1ccc(-c2ccc3c(F)c(-c4cc(F)c(OC(F)(F)F)c(F)c4)ccc3c2)cc1. The lowest BCUT2D eigenvalue weighted by atomic mass is 9.96. The van der Waals surface area contributed by atoms with Crippen molar-refractivity contribution in [1.29, 1.82) is 0 Å². The molecule has 0 unspecified atom stereocenters. The van der Waals surface area contributed by atoms with Gasteiger partial charge in [0.15, 0.2) is 11.6 Å². The number of allylic oxidation sites excluding steroid dienone is 1. The second-order valence-corrected chi connectivity index (χ2v) is 7.70. The summed E-state index contributed by atoms with van der Waals surface area (Å²) in [6.07, 6.45) is -1.64. The maximum absolute atomic E-state index is 15.2. The van der Waals surface area contributed by atoms with Gasteiger partial charge in [0.25, 0.3) is 0 Å². The number of halogens is 6. The molecule has 0 aromatic heterocycles. The molecule has 0 saturated carbocycles. The Morgan fingerprint density at radius 3 is 2.03 bits per heavy atom. The molecule has 0 aliphatic carbocycles. The normalized spacial score (nSPS) is 11.6. The third-order valence-electron chi connectivity index (χ3n) is 5.41. The highest BCUT2D eigenvalue weighted by Gasteiger charge is 2.34. The Hall–Kier alpha value is -3.74. The van der Waals surface area contributed by atoms with E-state index in [0.717, 1.165) is 24.0 Å². The van der Waals surface area contributed by atoms with E-state index in [-0.39, 0.29) is 16.5 Å². The van der Waals surface area contributed by atoms with Gasteiger partial charge in [-0.25, -0.2) is 13.2 Å². The molecule has 0 spiro atoms. The summed E-state index contributed by atoms with van der Waals surface area (Å²) in [6, 6.07) is 17.2. The molecule has 0 aliphatic heterocycles. The maximum Gasteiger partial charge on any atom is 0.573 e. The zero-order valence-corrected chi connectivity index (χ0v) is 17.7. The minimum absolute atomic E-state index is 0.150. The fourth-order valence-electron chi connectivity index (χ4n) is 3.76. The Morgan fingerprint density at radius 1 is 0.765 bits per heavy atom. The number of aryl methyl sites for hydroxylation is 1. The van der Waals surface area contributed by atoms with Gasteiger partial charge < -0.3 is 4.74 Å². The first kappa shape index (κ1) is 23.4. The van der Waals surface area contributed by atoms with Gasteiger partial charge in [-0.1, -0.05) is 54.6 Å². The lowest BCUT2D eigenvalue weighted by Gasteiger charge is -2.13. The van der Waals surface area contributed by atoms with Crippen LogP contribution in [0, 0.1) is 17.5 Å². The van der Waals surface area contributed by atoms with E-state index < -0.39 is 29.6 Å². The molecule has 0 aliphatic rings. The molecule has 34 heavy (non-hydrogen) atoms. The summed E-state index contributed by atoms with van der Waals surface area (Å²) in [5.74, 6) is -5.50. The zero-order valence-electron chi connectivity index (χ0n) is 17.7. The van der Waals surface area contributed by atoms with Gasteiger partial charge in [-0.2, -0.15) is 0 Å². The molecule has 4 aromatic rings. The highest BCUT2D eigenvalue weighted by Crippen LogP contribution is 2.36. The van der Waals surface area contributed by atoms with Crippen molar-refractivity contribution >= 4 is 10.8 Å². The first-order chi connectivity index (χ1) is 16.2. The lowest BCUT2D eigenvalue weighted by Crippen LogP contribution is -2.19. The van der Waals surface area contributed by atoms with Crippen LogP contribution < -0.4 is 4.74 Å². The van der Waals surface area contributed by atoms with Gasteiger partial charge in [-0.3, -0.25) is 0 Å². The molecule has 0 fully saturated rings. The Morgan fingerprint density at radius 2 is 1.41 bits per heavy atom. The van der Waals surface area contributed by atoms with Crippen molar-refractivity contribution in [2.75, 3.05) is 0 Å². The summed E-state index contributed by atoms with van der Waals surface area (Å²) in [5.41, 5.74) is 2.58. The van der Waals surface area contributed by atoms with Crippen LogP contribution in [0.3, 0.4) is 0 Å². The van der Waals surface area contributed by atoms with Crippen LogP contribution in [-0.4, -0.2) is 6.36 Å². The van der Waals surface area contributed by atoms with E-state index in [2.05, 4.69) is 11.3 Å². The molecular formula is C27H18F6O. The van der Waals surface area contributed by atoms with Gasteiger partial charge in [-0.05, 0) is 58.7 Å². The molecule has 4 aromatic carbocycles. The number of benzene rings is 4. The highest BCUT2D eigenvalue weighted by molar-refractivity contribution is 5.91. The number of fused-ring (bicyclic) bond motifs is 1. The van der Waals surface area contributed by atoms with E-state index in [1.807, 2.05) is 30.3 Å². The van der Waals surface area contributed by atoms with Gasteiger partial charge in [0.05, 0.1) is 0 Å².